The summed E-state index contributed by atoms with van der Waals surface area (Å²) in [6.07, 6.45) is 5.05. The van der Waals surface area contributed by atoms with Crippen LogP contribution in [0.5, 0.6) is 0 Å². The van der Waals surface area contributed by atoms with Crippen LogP contribution in [0.4, 0.5) is 0 Å². The van der Waals surface area contributed by atoms with E-state index in [1.807, 2.05) is 6.07 Å². The van der Waals surface area contributed by atoms with Crippen molar-refractivity contribution >= 4 is 23.9 Å². The Morgan fingerprint density at radius 2 is 2.12 bits per heavy atom. The third-order valence-corrected chi connectivity index (χ3v) is 4.62. The van der Waals surface area contributed by atoms with Crippen molar-refractivity contribution in [3.05, 3.63) is 30.1 Å². The number of amides is 2. The molecule has 126 valence electrons. The van der Waals surface area contributed by atoms with Gasteiger partial charge >= 0.3 is 0 Å². The molecule has 7 nitrogen and oxygen atoms in total. The lowest BCUT2D eigenvalue weighted by molar-refractivity contribution is -0.136. The summed E-state index contributed by atoms with van der Waals surface area (Å²) in [5.41, 5.74) is 0.801. The molecule has 0 N–H and O–H groups in total. The van der Waals surface area contributed by atoms with Gasteiger partial charge < -0.3 is 14.6 Å². The van der Waals surface area contributed by atoms with Crippen molar-refractivity contribution < 1.29 is 19.2 Å². The second-order valence-corrected chi connectivity index (χ2v) is 6.12. The third kappa shape index (κ3) is 3.06. The van der Waals surface area contributed by atoms with Crippen molar-refractivity contribution in [1.29, 1.82) is 0 Å². The maximum Gasteiger partial charge on any atom is 0.227 e. The fourth-order valence-electron chi connectivity index (χ4n) is 3.53. The van der Waals surface area contributed by atoms with E-state index in [1.54, 1.807) is 23.4 Å². The summed E-state index contributed by atoms with van der Waals surface area (Å²) < 4.78 is 0. The van der Waals surface area contributed by atoms with E-state index < -0.39 is 6.04 Å². The number of hydrogen-bond acceptors (Lipinski definition) is 5. The van der Waals surface area contributed by atoms with E-state index in [2.05, 4.69) is 4.98 Å². The average Bonchev–Trinajstić information content (AvgIpc) is 3.15. The Morgan fingerprint density at radius 1 is 1.29 bits per heavy atom. The average molecular weight is 329 g/mol. The van der Waals surface area contributed by atoms with E-state index in [0.29, 0.717) is 19.3 Å². The van der Waals surface area contributed by atoms with Crippen LogP contribution in [-0.4, -0.2) is 63.8 Å². The minimum atomic E-state index is -0.554. The van der Waals surface area contributed by atoms with Crippen LogP contribution in [0.3, 0.4) is 0 Å². The van der Waals surface area contributed by atoms with Gasteiger partial charge in [-0.3, -0.25) is 19.4 Å². The highest BCUT2D eigenvalue weighted by Crippen LogP contribution is 2.30. The van der Waals surface area contributed by atoms with Crippen LogP contribution in [0, 0.1) is 0 Å². The van der Waals surface area contributed by atoms with Crippen LogP contribution < -0.4 is 0 Å². The first-order chi connectivity index (χ1) is 11.6. The molecule has 2 unspecified atom stereocenters. The Balaban J connectivity index is 1.68. The molecule has 0 spiro atoms. The Hall–Kier alpha value is -2.57. The van der Waals surface area contributed by atoms with Crippen LogP contribution in [0.25, 0.3) is 0 Å². The highest BCUT2D eigenvalue weighted by atomic mass is 16.2. The smallest absolute Gasteiger partial charge is 0.227 e. The van der Waals surface area contributed by atoms with Crippen LogP contribution in [0.1, 0.15) is 24.8 Å². The maximum absolute atomic E-state index is 12.5. The number of likely N-dealkylation sites (tertiary alicyclic amines) is 2. The highest BCUT2D eigenvalue weighted by molar-refractivity contribution is 5.97. The van der Waals surface area contributed by atoms with E-state index in [1.165, 1.54) is 4.90 Å². The molecule has 0 bridgehead atoms. The second-order valence-electron chi connectivity index (χ2n) is 6.12. The van der Waals surface area contributed by atoms with Crippen LogP contribution in [-0.2, 0) is 25.6 Å². The highest BCUT2D eigenvalue weighted by Gasteiger charge is 2.50. The first-order valence-electron chi connectivity index (χ1n) is 8.06. The van der Waals surface area contributed by atoms with Crippen molar-refractivity contribution in [2.45, 2.75) is 37.8 Å². The lowest BCUT2D eigenvalue weighted by Crippen LogP contribution is -2.43. The molecule has 0 radical (unpaired) electrons. The number of nitrogens with zero attached hydrogens (tertiary/aromatic N) is 3. The summed E-state index contributed by atoms with van der Waals surface area (Å²) in [6.45, 7) is 0.501. The zero-order valence-electron chi connectivity index (χ0n) is 13.3. The summed E-state index contributed by atoms with van der Waals surface area (Å²) in [5, 5.41) is 0. The number of aldehydes is 1. The summed E-state index contributed by atoms with van der Waals surface area (Å²) >= 11 is 0. The molecule has 0 aromatic carbocycles. The van der Waals surface area contributed by atoms with Crippen LogP contribution in [0.15, 0.2) is 24.5 Å². The minimum absolute atomic E-state index is 0.0475. The van der Waals surface area contributed by atoms with Crippen LogP contribution >= 0.6 is 0 Å². The molecule has 2 fully saturated rings. The number of Topliss-reactive ketones (excluding diaryl/α,β-unsaturated/α-hetero) is 1. The molecule has 3 heterocycles. The largest absolute Gasteiger partial charge is 0.330 e. The Morgan fingerprint density at radius 3 is 2.83 bits per heavy atom. The number of hydrogen-bond donors (Lipinski definition) is 0. The van der Waals surface area contributed by atoms with E-state index in [-0.39, 0.29) is 49.4 Å². The number of carbonyl (C=O) groups excluding carboxylic acids is 4. The van der Waals surface area contributed by atoms with Gasteiger partial charge in [0, 0.05) is 31.8 Å². The lowest BCUT2D eigenvalue weighted by Gasteiger charge is -2.24. The number of rotatable bonds is 5. The Labute approximate surface area is 139 Å². The van der Waals surface area contributed by atoms with Gasteiger partial charge in [0.1, 0.15) is 12.3 Å². The van der Waals surface area contributed by atoms with Gasteiger partial charge in [-0.25, -0.2) is 0 Å². The van der Waals surface area contributed by atoms with Gasteiger partial charge in [-0.15, -0.1) is 0 Å². The molecule has 2 aliphatic heterocycles. The summed E-state index contributed by atoms with van der Waals surface area (Å²) in [6, 6.07) is 2.79. The molecule has 7 heteroatoms. The molecular formula is C17H19N3O4. The molecule has 2 aliphatic rings. The quantitative estimate of drug-likeness (QED) is 0.709. The molecule has 0 saturated carbocycles. The molecule has 2 amide bonds. The van der Waals surface area contributed by atoms with Gasteiger partial charge in [0.05, 0.1) is 19.0 Å². The molecular weight excluding hydrogens is 310 g/mol. The summed E-state index contributed by atoms with van der Waals surface area (Å²) in [7, 11) is 0. The first-order valence-corrected chi connectivity index (χ1v) is 8.06. The number of ketones is 1. The van der Waals surface area contributed by atoms with Crippen molar-refractivity contribution in [3.63, 3.8) is 0 Å². The van der Waals surface area contributed by atoms with E-state index in [0.717, 1.165) is 5.56 Å². The number of pyridine rings is 1. The lowest BCUT2D eigenvalue weighted by atomic mass is 10.1. The van der Waals surface area contributed by atoms with Gasteiger partial charge in [-0.2, -0.15) is 0 Å². The number of aromatic nitrogens is 1. The topological polar surface area (TPSA) is 87.7 Å². The standard InChI is InChI=1S/C17H19N3O4/c21-8-2-4-15(23)19-7-5-13-17(19)14(22)11-20(13)16(24)9-12-3-1-6-18-10-12/h1,3,6,8,10,13,17H,2,4-5,7,9,11H2. The van der Waals surface area contributed by atoms with Gasteiger partial charge in [-0.05, 0) is 18.1 Å². The predicted molar refractivity (Wildman–Crippen MR) is 83.9 cm³/mol. The molecule has 3 rings (SSSR count). The molecule has 1 aromatic heterocycles. The van der Waals surface area contributed by atoms with Gasteiger partial charge in [0.2, 0.25) is 11.8 Å². The maximum atomic E-state index is 12.5. The Kier molecular flexibility index (Phi) is 4.69. The van der Waals surface area contributed by atoms with E-state index in [4.69, 9.17) is 0 Å². The summed E-state index contributed by atoms with van der Waals surface area (Å²) in [4.78, 5) is 54.6. The fourth-order valence-corrected chi connectivity index (χ4v) is 3.53. The van der Waals surface area contributed by atoms with Crippen LogP contribution in [0.2, 0.25) is 0 Å². The van der Waals surface area contributed by atoms with E-state index in [9.17, 15) is 19.2 Å². The van der Waals surface area contributed by atoms with Crippen molar-refractivity contribution in [1.82, 2.24) is 14.8 Å². The SMILES string of the molecule is O=CCCC(=O)N1CCC2C1C(=O)CN2C(=O)Cc1cccnc1. The monoisotopic (exact) mass is 329 g/mol. The first kappa shape index (κ1) is 16.3. The van der Waals surface area contributed by atoms with Crippen molar-refractivity contribution in [2.75, 3.05) is 13.1 Å². The van der Waals surface area contributed by atoms with Crippen molar-refractivity contribution in [2.24, 2.45) is 0 Å². The zero-order valence-corrected chi connectivity index (χ0v) is 13.3. The molecule has 2 saturated heterocycles. The summed E-state index contributed by atoms with van der Waals surface area (Å²) in [5.74, 6) is -0.410. The third-order valence-electron chi connectivity index (χ3n) is 4.62. The van der Waals surface area contributed by atoms with E-state index >= 15 is 0 Å². The fraction of sp³-hybridized carbons (Fsp3) is 0.471. The molecule has 24 heavy (non-hydrogen) atoms. The Bertz CT molecular complexity index is 661. The molecule has 0 aliphatic carbocycles. The molecule has 2 atom stereocenters. The van der Waals surface area contributed by atoms with Gasteiger partial charge in [0.25, 0.3) is 0 Å². The number of carbonyl (C=O) groups is 4. The number of fused-ring (bicyclic) bond motifs is 1. The predicted octanol–water partition coefficient (Wildman–Crippen LogP) is -0.0160. The van der Waals surface area contributed by atoms with Gasteiger partial charge in [0.15, 0.2) is 5.78 Å². The van der Waals surface area contributed by atoms with Gasteiger partial charge in [-0.1, -0.05) is 6.07 Å². The van der Waals surface area contributed by atoms with Crippen molar-refractivity contribution in [3.8, 4) is 0 Å². The minimum Gasteiger partial charge on any atom is -0.330 e. The normalized spacial score (nSPS) is 22.6. The zero-order chi connectivity index (χ0) is 17.1. The molecule has 1 aromatic rings. The second kappa shape index (κ2) is 6.90.